The molecular weight excluding hydrogens is 406 g/mol. The number of Topliss-reactive ketones (excluding diaryl/α,β-unsaturated/α-hetero) is 1. The number of aliphatic hydroxyl groups is 4. The zero-order valence-corrected chi connectivity index (χ0v) is 16.3. The monoisotopic (exact) mass is 431 g/mol. The van der Waals surface area contributed by atoms with E-state index in [1.807, 2.05) is 0 Å². The molecule has 0 aliphatic carbocycles. The van der Waals surface area contributed by atoms with E-state index in [9.17, 15) is 33.6 Å². The van der Waals surface area contributed by atoms with Crippen LogP contribution in [0.2, 0.25) is 0 Å². The van der Waals surface area contributed by atoms with Gasteiger partial charge in [-0.05, 0) is 19.3 Å². The molecule has 5 atom stereocenters. The van der Waals surface area contributed by atoms with Crippen molar-refractivity contribution in [2.75, 3.05) is 6.61 Å². The molecule has 0 aromatic carbocycles. The van der Waals surface area contributed by atoms with E-state index in [1.165, 1.54) is 0 Å². The number of aliphatic hydroxyl groups excluding tert-OH is 4. The molecule has 11 nitrogen and oxygen atoms in total. The first kappa shape index (κ1) is 24.2. The van der Waals surface area contributed by atoms with Crippen molar-refractivity contribution in [3.8, 4) is 0 Å². The van der Waals surface area contributed by atoms with Crippen LogP contribution in [0.25, 0.3) is 0 Å². The fourth-order valence-electron chi connectivity index (χ4n) is 2.29. The molecule has 1 fully saturated rings. The fraction of sp³-hybridized carbons (Fsp3) is 0.857. The highest BCUT2D eigenvalue weighted by molar-refractivity contribution is 8.14. The van der Waals surface area contributed by atoms with Gasteiger partial charge in [0.1, 0.15) is 40.7 Å². The third kappa shape index (κ3) is 8.39. The fourth-order valence-corrected chi connectivity index (χ4v) is 3.63. The lowest BCUT2D eigenvalue weighted by molar-refractivity contribution is -0.205. The molecule has 0 amide bonds. The standard InChI is InChI=1S/C14H25NO10S2/c1-2-8(17)5-3-4-6-10(15-25-27(21,22)23)26-14-13(20)12(19)11(18)9(7-16)24-14/h9,11-14,16,18-20H,2-7H2,1H3,(H,21,22,23). The molecule has 1 heterocycles. The van der Waals surface area contributed by atoms with Crippen LogP contribution in [0.15, 0.2) is 5.16 Å². The SMILES string of the molecule is CCC(=O)CCCCC(=NOS(=O)(=O)O)SC1OC(CO)C(O)C(O)C1O. The van der Waals surface area contributed by atoms with E-state index in [0.717, 1.165) is 0 Å². The predicted octanol–water partition coefficient (Wildman–Crippen LogP) is -0.808. The molecule has 1 aliphatic rings. The number of rotatable bonds is 10. The summed E-state index contributed by atoms with van der Waals surface area (Å²) in [5, 5.41) is 42.1. The lowest BCUT2D eigenvalue weighted by Gasteiger charge is -2.39. The summed E-state index contributed by atoms with van der Waals surface area (Å²) in [5.74, 6) is 0.0734. The highest BCUT2D eigenvalue weighted by Gasteiger charge is 2.44. The van der Waals surface area contributed by atoms with Crippen molar-refractivity contribution in [2.24, 2.45) is 5.16 Å². The molecule has 0 radical (unpaired) electrons. The molecule has 27 heavy (non-hydrogen) atoms. The zero-order valence-electron chi connectivity index (χ0n) is 14.7. The van der Waals surface area contributed by atoms with Crippen molar-refractivity contribution in [3.05, 3.63) is 0 Å². The molecule has 13 heteroatoms. The van der Waals surface area contributed by atoms with Crippen molar-refractivity contribution in [3.63, 3.8) is 0 Å². The van der Waals surface area contributed by atoms with E-state index in [2.05, 4.69) is 9.44 Å². The van der Waals surface area contributed by atoms with Gasteiger partial charge in [-0.25, -0.2) is 4.28 Å². The average molecular weight is 431 g/mol. The van der Waals surface area contributed by atoms with Gasteiger partial charge < -0.3 is 25.2 Å². The topological polar surface area (TPSA) is 183 Å². The second-order valence-corrected chi connectivity index (χ2v) is 8.08. The van der Waals surface area contributed by atoms with Gasteiger partial charge in [0.2, 0.25) is 0 Å². The number of carbonyl (C=O) groups is 1. The quantitative estimate of drug-likeness (QED) is 0.0958. The molecule has 0 aromatic rings. The molecule has 1 saturated heterocycles. The highest BCUT2D eigenvalue weighted by atomic mass is 32.3. The number of thioether (sulfide) groups is 1. The summed E-state index contributed by atoms with van der Waals surface area (Å²) in [4.78, 5) is 11.3. The summed E-state index contributed by atoms with van der Waals surface area (Å²) in [6.07, 6.45) is -3.98. The maximum absolute atomic E-state index is 11.3. The zero-order chi connectivity index (χ0) is 20.6. The van der Waals surface area contributed by atoms with Crippen LogP contribution in [0.3, 0.4) is 0 Å². The van der Waals surface area contributed by atoms with Gasteiger partial charge in [-0.2, -0.15) is 8.42 Å². The van der Waals surface area contributed by atoms with Gasteiger partial charge in [-0.3, -0.25) is 9.35 Å². The largest absolute Gasteiger partial charge is 0.466 e. The van der Waals surface area contributed by atoms with Crippen LogP contribution in [0.4, 0.5) is 0 Å². The van der Waals surface area contributed by atoms with E-state index < -0.39 is 46.9 Å². The first-order valence-corrected chi connectivity index (χ1v) is 10.5. The summed E-state index contributed by atoms with van der Waals surface area (Å²) >= 11 is 0.714. The van der Waals surface area contributed by atoms with E-state index in [1.54, 1.807) is 6.92 Å². The number of ether oxygens (including phenoxy) is 1. The summed E-state index contributed by atoms with van der Waals surface area (Å²) in [5.41, 5.74) is -1.18. The molecule has 5 N–H and O–H groups in total. The molecular formula is C14H25NO10S2. The Labute approximate surface area is 161 Å². The second kappa shape index (κ2) is 11.3. The predicted molar refractivity (Wildman–Crippen MR) is 95.2 cm³/mol. The van der Waals surface area contributed by atoms with Gasteiger partial charge >= 0.3 is 10.4 Å². The van der Waals surface area contributed by atoms with Crippen LogP contribution >= 0.6 is 11.8 Å². The minimum Gasteiger partial charge on any atom is -0.394 e. The lowest BCUT2D eigenvalue weighted by Crippen LogP contribution is -2.57. The summed E-state index contributed by atoms with van der Waals surface area (Å²) < 4.78 is 39.4. The van der Waals surface area contributed by atoms with Crippen molar-refractivity contribution >= 4 is 33.0 Å². The number of ketones is 1. The number of hydrogen-bond donors (Lipinski definition) is 5. The Balaban J connectivity index is 2.78. The van der Waals surface area contributed by atoms with Crippen LogP contribution in [0, 0.1) is 0 Å². The number of unbranched alkanes of at least 4 members (excludes halogenated alkanes) is 1. The number of carbonyl (C=O) groups excluding carboxylic acids is 1. The van der Waals surface area contributed by atoms with Gasteiger partial charge in [0, 0.05) is 12.8 Å². The highest BCUT2D eigenvalue weighted by Crippen LogP contribution is 2.30. The first-order valence-electron chi connectivity index (χ1n) is 8.30. The summed E-state index contributed by atoms with van der Waals surface area (Å²) in [6, 6.07) is 0. The first-order chi connectivity index (χ1) is 12.6. The van der Waals surface area contributed by atoms with Crippen LogP contribution in [0.5, 0.6) is 0 Å². The van der Waals surface area contributed by atoms with Crippen LogP contribution in [-0.4, -0.2) is 80.7 Å². The Kier molecular flexibility index (Phi) is 10.1. The van der Waals surface area contributed by atoms with Crippen molar-refractivity contribution < 1.29 is 47.2 Å². The normalized spacial score (nSPS) is 29.6. The van der Waals surface area contributed by atoms with Crippen LogP contribution < -0.4 is 0 Å². The molecule has 1 aliphatic heterocycles. The Morgan fingerprint density at radius 3 is 2.33 bits per heavy atom. The minimum atomic E-state index is -4.84. The van der Waals surface area contributed by atoms with Gasteiger partial charge in [0.05, 0.1) is 6.61 Å². The third-order valence-corrected chi connectivity index (χ3v) is 5.26. The lowest BCUT2D eigenvalue weighted by atomic mass is 10.0. The Bertz CT molecular complexity index is 609. The average Bonchev–Trinajstić information content (AvgIpc) is 2.62. The van der Waals surface area contributed by atoms with Crippen molar-refractivity contribution in [2.45, 2.75) is 68.9 Å². The van der Waals surface area contributed by atoms with E-state index in [0.29, 0.717) is 37.4 Å². The molecule has 158 valence electrons. The Morgan fingerprint density at radius 1 is 1.15 bits per heavy atom. The maximum Gasteiger partial charge on any atom is 0.466 e. The van der Waals surface area contributed by atoms with Crippen LogP contribution in [-0.2, 0) is 24.2 Å². The Hall–Kier alpha value is -0.800. The summed E-state index contributed by atoms with van der Waals surface area (Å²) in [7, 11) is -4.84. The van der Waals surface area contributed by atoms with E-state index in [-0.39, 0.29) is 17.2 Å². The van der Waals surface area contributed by atoms with Gasteiger partial charge in [-0.1, -0.05) is 23.8 Å². The number of oxime groups is 1. The van der Waals surface area contributed by atoms with E-state index >= 15 is 0 Å². The molecule has 1 rings (SSSR count). The van der Waals surface area contributed by atoms with Gasteiger partial charge in [0.15, 0.2) is 0 Å². The van der Waals surface area contributed by atoms with Gasteiger partial charge in [-0.15, -0.1) is 0 Å². The molecule has 5 unspecified atom stereocenters. The number of hydrogen-bond acceptors (Lipinski definition) is 11. The number of nitrogens with zero attached hydrogens (tertiary/aromatic N) is 1. The van der Waals surface area contributed by atoms with Crippen molar-refractivity contribution in [1.29, 1.82) is 0 Å². The molecule has 0 bridgehead atoms. The molecule has 0 aromatic heterocycles. The minimum absolute atomic E-state index is 0.0147. The summed E-state index contributed by atoms with van der Waals surface area (Å²) in [6.45, 7) is 1.12. The Morgan fingerprint density at radius 2 is 1.78 bits per heavy atom. The smallest absolute Gasteiger partial charge is 0.394 e. The maximum atomic E-state index is 11.3. The van der Waals surface area contributed by atoms with Crippen molar-refractivity contribution in [1.82, 2.24) is 0 Å². The third-order valence-electron chi connectivity index (χ3n) is 3.82. The van der Waals surface area contributed by atoms with Gasteiger partial charge in [0.25, 0.3) is 0 Å². The molecule has 0 spiro atoms. The van der Waals surface area contributed by atoms with Crippen LogP contribution in [0.1, 0.15) is 39.0 Å². The second-order valence-electron chi connectivity index (χ2n) is 5.90. The molecule has 0 saturated carbocycles. The van der Waals surface area contributed by atoms with E-state index in [4.69, 9.17) is 9.29 Å².